The number of nitrogens with one attached hydrogen (secondary N) is 1. The predicted molar refractivity (Wildman–Crippen MR) is 79.7 cm³/mol. The molecule has 0 aliphatic carbocycles. The quantitative estimate of drug-likeness (QED) is 0.560. The summed E-state index contributed by atoms with van der Waals surface area (Å²) in [6.45, 7) is 1.91. The van der Waals surface area contributed by atoms with Gasteiger partial charge in [0.15, 0.2) is 10.8 Å². The third-order valence-electron chi connectivity index (χ3n) is 2.67. The molecule has 0 unspecified atom stereocenters. The molecule has 3 rings (SSSR count). The Kier molecular flexibility index (Phi) is 4.12. The van der Waals surface area contributed by atoms with Crippen molar-refractivity contribution in [2.75, 3.05) is 12.3 Å². The van der Waals surface area contributed by atoms with Crippen LogP contribution in [0.15, 0.2) is 47.1 Å². The van der Waals surface area contributed by atoms with Crippen LogP contribution in [0.25, 0.3) is 5.65 Å². The van der Waals surface area contributed by atoms with Gasteiger partial charge in [-0.25, -0.2) is 0 Å². The molecule has 1 N–H and O–H groups in total. The summed E-state index contributed by atoms with van der Waals surface area (Å²) in [6.07, 6.45) is 2.00. The first-order valence-electron chi connectivity index (χ1n) is 6.09. The van der Waals surface area contributed by atoms with Gasteiger partial charge in [-0.3, -0.25) is 4.40 Å². The number of fused-ring (bicyclic) bond motifs is 1. The zero-order valence-electron chi connectivity index (χ0n) is 10.3. The van der Waals surface area contributed by atoms with Crippen molar-refractivity contribution < 1.29 is 0 Å². The van der Waals surface area contributed by atoms with Gasteiger partial charge in [0.1, 0.15) is 0 Å². The lowest BCUT2D eigenvalue weighted by Gasteiger charge is -2.02. The monoisotopic (exact) mass is 290 g/mol. The number of nitrogens with zero attached hydrogens (tertiary/aromatic N) is 3. The van der Waals surface area contributed by atoms with Crippen molar-refractivity contribution in [3.8, 4) is 0 Å². The highest BCUT2D eigenvalue weighted by Crippen LogP contribution is 2.15. The summed E-state index contributed by atoms with van der Waals surface area (Å²) in [5.74, 6) is 0.987. The first-order valence-corrected chi connectivity index (χ1v) is 7.96. The maximum atomic E-state index is 4.19. The number of hydrogen-bond donors (Lipinski definition) is 1. The number of aromatic nitrogens is 3. The summed E-state index contributed by atoms with van der Waals surface area (Å²) in [5.41, 5.74) is 0.900. The second-order valence-corrected chi connectivity index (χ2v) is 6.11. The molecule has 98 valence electrons. The molecular weight excluding hydrogens is 276 g/mol. The van der Waals surface area contributed by atoms with Gasteiger partial charge in [0.2, 0.25) is 0 Å². The summed E-state index contributed by atoms with van der Waals surface area (Å²) >= 11 is 3.51. The lowest BCUT2D eigenvalue weighted by molar-refractivity contribution is 0.739. The number of rotatable bonds is 6. The van der Waals surface area contributed by atoms with E-state index < -0.39 is 0 Å². The molecule has 3 aromatic heterocycles. The predicted octanol–water partition coefficient (Wildman–Crippen LogP) is 2.67. The van der Waals surface area contributed by atoms with Crippen molar-refractivity contribution in [1.29, 1.82) is 0 Å². The fourth-order valence-electron chi connectivity index (χ4n) is 1.76. The van der Waals surface area contributed by atoms with Crippen molar-refractivity contribution in [2.24, 2.45) is 0 Å². The van der Waals surface area contributed by atoms with E-state index in [1.807, 2.05) is 28.8 Å². The second-order valence-electron chi connectivity index (χ2n) is 4.02. The molecule has 0 saturated heterocycles. The Bertz CT molecular complexity index is 633. The van der Waals surface area contributed by atoms with Crippen molar-refractivity contribution in [3.63, 3.8) is 0 Å². The number of pyridine rings is 1. The average Bonchev–Trinajstić information content (AvgIpc) is 3.08. The van der Waals surface area contributed by atoms with Gasteiger partial charge in [-0.1, -0.05) is 23.9 Å². The Morgan fingerprint density at radius 3 is 3.11 bits per heavy atom. The molecule has 0 fully saturated rings. The van der Waals surface area contributed by atoms with E-state index in [2.05, 4.69) is 33.0 Å². The van der Waals surface area contributed by atoms with Crippen LogP contribution >= 0.6 is 23.1 Å². The van der Waals surface area contributed by atoms with Crippen molar-refractivity contribution >= 4 is 28.7 Å². The van der Waals surface area contributed by atoms with Gasteiger partial charge in [0.25, 0.3) is 0 Å². The molecule has 0 saturated carbocycles. The van der Waals surface area contributed by atoms with Gasteiger partial charge in [0, 0.05) is 29.9 Å². The minimum Gasteiger partial charge on any atom is -0.311 e. The van der Waals surface area contributed by atoms with E-state index in [1.165, 1.54) is 4.88 Å². The third kappa shape index (κ3) is 3.15. The molecule has 3 heterocycles. The molecule has 3 aromatic rings. The maximum Gasteiger partial charge on any atom is 0.195 e. The SMILES string of the molecule is c1csc(CNCCSc2nnc3ccccn23)c1. The topological polar surface area (TPSA) is 42.2 Å². The van der Waals surface area contributed by atoms with E-state index in [1.54, 1.807) is 23.1 Å². The molecule has 0 aliphatic heterocycles. The van der Waals surface area contributed by atoms with E-state index >= 15 is 0 Å². The van der Waals surface area contributed by atoms with Crippen molar-refractivity contribution in [3.05, 3.63) is 46.8 Å². The Labute approximate surface area is 119 Å². The van der Waals surface area contributed by atoms with E-state index in [0.29, 0.717) is 0 Å². The Balaban J connectivity index is 1.47. The van der Waals surface area contributed by atoms with Gasteiger partial charge < -0.3 is 5.32 Å². The molecule has 0 amide bonds. The van der Waals surface area contributed by atoms with Gasteiger partial charge in [-0.05, 0) is 23.6 Å². The molecule has 0 aliphatic rings. The highest BCUT2D eigenvalue weighted by molar-refractivity contribution is 7.99. The van der Waals surface area contributed by atoms with Crippen LogP contribution in [0.1, 0.15) is 4.88 Å². The van der Waals surface area contributed by atoms with E-state index in [0.717, 1.165) is 29.6 Å². The first-order chi connectivity index (χ1) is 9.43. The summed E-state index contributed by atoms with van der Waals surface area (Å²) < 4.78 is 2.02. The van der Waals surface area contributed by atoms with Gasteiger partial charge in [0.05, 0.1) is 0 Å². The first kappa shape index (κ1) is 12.7. The van der Waals surface area contributed by atoms with E-state index in [9.17, 15) is 0 Å². The van der Waals surface area contributed by atoms with E-state index in [4.69, 9.17) is 0 Å². The highest BCUT2D eigenvalue weighted by atomic mass is 32.2. The van der Waals surface area contributed by atoms with E-state index in [-0.39, 0.29) is 0 Å². The molecular formula is C13H14N4S2. The molecule has 0 bridgehead atoms. The lowest BCUT2D eigenvalue weighted by atomic mass is 10.4. The Hall–Kier alpha value is -1.37. The zero-order chi connectivity index (χ0) is 12.9. The minimum atomic E-state index is 0.900. The standard InChI is InChI=1S/C13H14N4S2/c1-2-7-17-12(5-1)15-16-13(17)19-9-6-14-10-11-4-3-8-18-11/h1-5,7-8,14H,6,9-10H2. The number of hydrogen-bond acceptors (Lipinski definition) is 5. The van der Waals surface area contributed by atoms with Crippen LogP contribution in [0.3, 0.4) is 0 Å². The smallest absolute Gasteiger partial charge is 0.195 e. The van der Waals surface area contributed by atoms with Crippen LogP contribution < -0.4 is 5.32 Å². The molecule has 0 spiro atoms. The lowest BCUT2D eigenvalue weighted by Crippen LogP contribution is -2.15. The zero-order valence-corrected chi connectivity index (χ0v) is 12.0. The van der Waals surface area contributed by atoms with Crippen molar-refractivity contribution in [1.82, 2.24) is 19.9 Å². The largest absolute Gasteiger partial charge is 0.311 e. The van der Waals surface area contributed by atoms with Crippen LogP contribution in [0.5, 0.6) is 0 Å². The highest BCUT2D eigenvalue weighted by Gasteiger charge is 2.04. The molecule has 0 radical (unpaired) electrons. The van der Waals surface area contributed by atoms with Crippen LogP contribution in [0.4, 0.5) is 0 Å². The van der Waals surface area contributed by atoms with Gasteiger partial charge in [-0.15, -0.1) is 21.5 Å². The molecule has 0 aromatic carbocycles. The summed E-state index contributed by atoms with van der Waals surface area (Å²) in [7, 11) is 0. The Morgan fingerprint density at radius 1 is 1.21 bits per heavy atom. The van der Waals surface area contributed by atoms with Crippen LogP contribution in [0, 0.1) is 0 Å². The summed E-state index contributed by atoms with van der Waals surface area (Å²) in [5, 5.41) is 14.8. The van der Waals surface area contributed by atoms with Gasteiger partial charge in [-0.2, -0.15) is 0 Å². The third-order valence-corrected chi connectivity index (χ3v) is 4.49. The molecule has 6 heteroatoms. The Morgan fingerprint density at radius 2 is 2.21 bits per heavy atom. The minimum absolute atomic E-state index is 0.900. The van der Waals surface area contributed by atoms with Crippen LogP contribution in [-0.2, 0) is 6.54 Å². The van der Waals surface area contributed by atoms with Gasteiger partial charge >= 0.3 is 0 Å². The molecule has 19 heavy (non-hydrogen) atoms. The van der Waals surface area contributed by atoms with Crippen LogP contribution in [0.2, 0.25) is 0 Å². The number of thioether (sulfide) groups is 1. The fourth-order valence-corrected chi connectivity index (χ4v) is 3.25. The fraction of sp³-hybridized carbons (Fsp3) is 0.231. The van der Waals surface area contributed by atoms with Crippen LogP contribution in [-0.4, -0.2) is 26.9 Å². The summed E-state index contributed by atoms with van der Waals surface area (Å²) in [4.78, 5) is 1.37. The van der Waals surface area contributed by atoms with Crippen molar-refractivity contribution in [2.45, 2.75) is 11.7 Å². The average molecular weight is 290 g/mol. The molecule has 0 atom stereocenters. The number of thiophene rings is 1. The maximum absolute atomic E-state index is 4.19. The summed E-state index contributed by atoms with van der Waals surface area (Å²) in [6, 6.07) is 10.2. The normalized spacial score (nSPS) is 11.2. The second kappa shape index (κ2) is 6.18. The molecule has 4 nitrogen and oxygen atoms in total.